The van der Waals surface area contributed by atoms with Crippen molar-refractivity contribution in [2.75, 3.05) is 25.4 Å². The quantitative estimate of drug-likeness (QED) is 0.728. The number of H-pyrrole nitrogens is 1. The molecule has 0 spiro atoms. The first-order valence-corrected chi connectivity index (χ1v) is 7.00. The maximum Gasteiger partial charge on any atom is 0.317 e. The van der Waals surface area contributed by atoms with E-state index in [2.05, 4.69) is 27.4 Å². The number of aromatic nitrogens is 3. The van der Waals surface area contributed by atoms with Crippen LogP contribution in [0.15, 0.2) is 0 Å². The SMILES string of the molecule is CCCO[C@H]1CCCN(C(=O)NCc2nc(N)n[nH]2)C1. The van der Waals surface area contributed by atoms with Crippen molar-refractivity contribution in [2.24, 2.45) is 0 Å². The van der Waals surface area contributed by atoms with Gasteiger partial charge in [0.15, 0.2) is 0 Å². The van der Waals surface area contributed by atoms with Crippen molar-refractivity contribution in [3.05, 3.63) is 5.82 Å². The van der Waals surface area contributed by atoms with Gasteiger partial charge in [-0.3, -0.25) is 5.10 Å². The van der Waals surface area contributed by atoms with Gasteiger partial charge < -0.3 is 20.7 Å². The third-order valence-electron chi connectivity index (χ3n) is 3.18. The van der Waals surface area contributed by atoms with Crippen LogP contribution in [0.2, 0.25) is 0 Å². The number of urea groups is 1. The van der Waals surface area contributed by atoms with Crippen molar-refractivity contribution in [1.29, 1.82) is 0 Å². The van der Waals surface area contributed by atoms with E-state index in [1.54, 1.807) is 4.90 Å². The van der Waals surface area contributed by atoms with E-state index in [4.69, 9.17) is 10.5 Å². The molecule has 112 valence electrons. The Balaban J connectivity index is 1.76. The number of rotatable bonds is 5. The number of nitrogens with one attached hydrogen (secondary N) is 2. The molecule has 1 saturated heterocycles. The molecule has 8 nitrogen and oxygen atoms in total. The van der Waals surface area contributed by atoms with Gasteiger partial charge in [0, 0.05) is 19.7 Å². The van der Waals surface area contributed by atoms with Crippen LogP contribution in [0.5, 0.6) is 0 Å². The summed E-state index contributed by atoms with van der Waals surface area (Å²) in [6.45, 7) is 4.52. The normalized spacial score (nSPS) is 19.1. The van der Waals surface area contributed by atoms with Gasteiger partial charge in [0.05, 0.1) is 12.6 Å². The fourth-order valence-electron chi connectivity index (χ4n) is 2.20. The van der Waals surface area contributed by atoms with Crippen molar-refractivity contribution in [2.45, 2.75) is 38.8 Å². The summed E-state index contributed by atoms with van der Waals surface area (Å²) >= 11 is 0. The Morgan fingerprint density at radius 3 is 3.20 bits per heavy atom. The van der Waals surface area contributed by atoms with Gasteiger partial charge in [-0.2, -0.15) is 4.98 Å². The van der Waals surface area contributed by atoms with Crippen LogP contribution in [-0.4, -0.2) is 51.9 Å². The van der Waals surface area contributed by atoms with Gasteiger partial charge in [-0.15, -0.1) is 5.10 Å². The highest BCUT2D eigenvalue weighted by Gasteiger charge is 2.23. The lowest BCUT2D eigenvalue weighted by molar-refractivity contribution is 0.00999. The second-order valence-electron chi connectivity index (χ2n) is 4.88. The predicted molar refractivity (Wildman–Crippen MR) is 73.9 cm³/mol. The van der Waals surface area contributed by atoms with E-state index in [1.165, 1.54) is 0 Å². The van der Waals surface area contributed by atoms with Crippen molar-refractivity contribution in [3.63, 3.8) is 0 Å². The minimum atomic E-state index is -0.107. The predicted octanol–water partition coefficient (Wildman–Crippen LogP) is 0.488. The zero-order chi connectivity index (χ0) is 14.4. The van der Waals surface area contributed by atoms with E-state index in [0.29, 0.717) is 18.9 Å². The third kappa shape index (κ3) is 4.09. The highest BCUT2D eigenvalue weighted by molar-refractivity contribution is 5.74. The van der Waals surface area contributed by atoms with Gasteiger partial charge in [-0.1, -0.05) is 6.92 Å². The lowest BCUT2D eigenvalue weighted by Crippen LogP contribution is -2.47. The Morgan fingerprint density at radius 1 is 1.65 bits per heavy atom. The fraction of sp³-hybridized carbons (Fsp3) is 0.750. The first-order chi connectivity index (χ1) is 9.69. The van der Waals surface area contributed by atoms with Gasteiger partial charge in [-0.05, 0) is 19.3 Å². The van der Waals surface area contributed by atoms with Crippen LogP contribution < -0.4 is 11.1 Å². The van der Waals surface area contributed by atoms with Crippen LogP contribution >= 0.6 is 0 Å². The molecule has 2 amide bonds. The molecule has 4 N–H and O–H groups in total. The summed E-state index contributed by atoms with van der Waals surface area (Å²) in [5, 5.41) is 9.17. The number of anilines is 1. The second kappa shape index (κ2) is 7.09. The molecule has 1 aromatic rings. The molecule has 20 heavy (non-hydrogen) atoms. The number of carbonyl (C=O) groups excluding carboxylic acids is 1. The summed E-state index contributed by atoms with van der Waals surface area (Å²) in [5.41, 5.74) is 5.40. The zero-order valence-corrected chi connectivity index (χ0v) is 11.8. The molecule has 0 unspecified atom stereocenters. The number of piperidine rings is 1. The number of amides is 2. The van der Waals surface area contributed by atoms with Crippen molar-refractivity contribution < 1.29 is 9.53 Å². The Morgan fingerprint density at radius 2 is 2.50 bits per heavy atom. The molecule has 0 radical (unpaired) electrons. The first-order valence-electron chi connectivity index (χ1n) is 7.00. The molecule has 0 aliphatic carbocycles. The molecule has 1 aliphatic heterocycles. The summed E-state index contributed by atoms with van der Waals surface area (Å²) in [7, 11) is 0. The Hall–Kier alpha value is -1.83. The summed E-state index contributed by atoms with van der Waals surface area (Å²) in [6.07, 6.45) is 3.13. The van der Waals surface area contributed by atoms with Crippen LogP contribution in [0.25, 0.3) is 0 Å². The summed E-state index contributed by atoms with van der Waals surface area (Å²) in [5.74, 6) is 0.729. The lowest BCUT2D eigenvalue weighted by atomic mass is 10.1. The topological polar surface area (TPSA) is 109 Å². The number of carbonyl (C=O) groups is 1. The Kier molecular flexibility index (Phi) is 5.16. The largest absolute Gasteiger partial charge is 0.376 e. The molecule has 1 aliphatic rings. The van der Waals surface area contributed by atoms with E-state index >= 15 is 0 Å². The maximum atomic E-state index is 12.1. The minimum absolute atomic E-state index is 0.107. The molecule has 2 rings (SSSR count). The number of likely N-dealkylation sites (tertiary alicyclic amines) is 1. The monoisotopic (exact) mass is 282 g/mol. The van der Waals surface area contributed by atoms with E-state index in [-0.39, 0.29) is 18.1 Å². The number of nitrogens with two attached hydrogens (primary N) is 1. The van der Waals surface area contributed by atoms with Gasteiger partial charge in [-0.25, -0.2) is 4.79 Å². The third-order valence-corrected chi connectivity index (χ3v) is 3.18. The van der Waals surface area contributed by atoms with Crippen LogP contribution in [0.4, 0.5) is 10.7 Å². The number of ether oxygens (including phenoxy) is 1. The van der Waals surface area contributed by atoms with Gasteiger partial charge in [0.2, 0.25) is 5.95 Å². The Bertz CT molecular complexity index is 435. The lowest BCUT2D eigenvalue weighted by Gasteiger charge is -2.32. The molecule has 1 aromatic heterocycles. The molecule has 0 aromatic carbocycles. The van der Waals surface area contributed by atoms with Crippen LogP contribution in [0.3, 0.4) is 0 Å². The molecule has 2 heterocycles. The van der Waals surface area contributed by atoms with Crippen LogP contribution in [0.1, 0.15) is 32.0 Å². The van der Waals surface area contributed by atoms with Crippen LogP contribution in [0, 0.1) is 0 Å². The van der Waals surface area contributed by atoms with E-state index in [9.17, 15) is 4.79 Å². The summed E-state index contributed by atoms with van der Waals surface area (Å²) < 4.78 is 5.71. The molecule has 8 heteroatoms. The molecule has 0 saturated carbocycles. The number of hydrogen-bond acceptors (Lipinski definition) is 5. The highest BCUT2D eigenvalue weighted by atomic mass is 16.5. The van der Waals surface area contributed by atoms with Crippen molar-refractivity contribution in [3.8, 4) is 0 Å². The van der Waals surface area contributed by atoms with E-state index in [0.717, 1.165) is 32.4 Å². The van der Waals surface area contributed by atoms with E-state index < -0.39 is 0 Å². The summed E-state index contributed by atoms with van der Waals surface area (Å²) in [4.78, 5) is 17.8. The maximum absolute atomic E-state index is 12.1. The molecular weight excluding hydrogens is 260 g/mol. The average molecular weight is 282 g/mol. The van der Waals surface area contributed by atoms with Gasteiger partial charge in [0.25, 0.3) is 0 Å². The molecule has 1 fully saturated rings. The number of aromatic amines is 1. The number of nitrogen functional groups attached to an aromatic ring is 1. The molecule has 0 bridgehead atoms. The number of nitrogens with zero attached hydrogens (tertiary/aromatic N) is 3. The first kappa shape index (κ1) is 14.6. The standard InChI is InChI=1S/C12H22N6O2/c1-2-6-20-9-4-3-5-18(8-9)12(19)14-7-10-15-11(13)17-16-10/h9H,2-8H2,1H3,(H,14,19)(H3,13,15,16,17)/t9-/m0/s1. The smallest absolute Gasteiger partial charge is 0.317 e. The van der Waals surface area contributed by atoms with E-state index in [1.807, 2.05) is 0 Å². The van der Waals surface area contributed by atoms with Crippen LogP contribution in [-0.2, 0) is 11.3 Å². The minimum Gasteiger partial charge on any atom is -0.376 e. The molecule has 1 atom stereocenters. The summed E-state index contributed by atoms with van der Waals surface area (Å²) in [6, 6.07) is -0.107. The highest BCUT2D eigenvalue weighted by Crippen LogP contribution is 2.13. The Labute approximate surface area is 118 Å². The number of hydrogen-bond donors (Lipinski definition) is 3. The zero-order valence-electron chi connectivity index (χ0n) is 11.8. The van der Waals surface area contributed by atoms with Gasteiger partial charge in [0.1, 0.15) is 5.82 Å². The molecular formula is C12H22N6O2. The van der Waals surface area contributed by atoms with Crippen molar-refractivity contribution in [1.82, 2.24) is 25.4 Å². The second-order valence-corrected chi connectivity index (χ2v) is 4.88. The van der Waals surface area contributed by atoms with Gasteiger partial charge >= 0.3 is 6.03 Å². The van der Waals surface area contributed by atoms with Crippen molar-refractivity contribution >= 4 is 12.0 Å². The average Bonchev–Trinajstić information content (AvgIpc) is 2.88. The fourth-order valence-corrected chi connectivity index (χ4v) is 2.20.